The third-order valence-corrected chi connectivity index (χ3v) is 2.48. The average Bonchev–Trinajstić information content (AvgIpc) is 2.81. The van der Waals surface area contributed by atoms with Gasteiger partial charge in [-0.2, -0.15) is 0 Å². The first-order chi connectivity index (χ1) is 9.17. The van der Waals surface area contributed by atoms with E-state index in [0.29, 0.717) is 12.3 Å². The Balaban J connectivity index is 1.92. The van der Waals surface area contributed by atoms with Gasteiger partial charge in [-0.25, -0.2) is 8.78 Å². The number of furan rings is 1. The third kappa shape index (κ3) is 4.06. The van der Waals surface area contributed by atoms with Crippen LogP contribution >= 0.6 is 0 Å². The van der Waals surface area contributed by atoms with Crippen molar-refractivity contribution in [2.24, 2.45) is 0 Å². The molecule has 2 rings (SSSR count). The summed E-state index contributed by atoms with van der Waals surface area (Å²) in [4.78, 5) is 0. The molecule has 19 heavy (non-hydrogen) atoms. The Morgan fingerprint density at radius 1 is 1.11 bits per heavy atom. The molecule has 3 nitrogen and oxygen atoms in total. The first kappa shape index (κ1) is 13.5. The van der Waals surface area contributed by atoms with Gasteiger partial charge in [-0.05, 0) is 18.7 Å². The van der Waals surface area contributed by atoms with E-state index in [-0.39, 0.29) is 12.4 Å². The second kappa shape index (κ2) is 6.33. The second-order valence-electron chi connectivity index (χ2n) is 4.04. The van der Waals surface area contributed by atoms with Gasteiger partial charge in [0.1, 0.15) is 35.5 Å². The molecule has 1 heterocycles. The molecule has 0 saturated carbocycles. The Morgan fingerprint density at radius 2 is 1.79 bits per heavy atom. The normalized spacial score (nSPS) is 10.7. The van der Waals surface area contributed by atoms with Gasteiger partial charge < -0.3 is 14.5 Å². The molecule has 0 bridgehead atoms. The summed E-state index contributed by atoms with van der Waals surface area (Å²) in [6.07, 6.45) is 0. The molecule has 1 N–H and O–H groups in total. The molecule has 0 unspecified atom stereocenters. The summed E-state index contributed by atoms with van der Waals surface area (Å²) in [6.45, 7) is 3.64. The van der Waals surface area contributed by atoms with E-state index in [1.807, 2.05) is 13.0 Å². The predicted molar refractivity (Wildman–Crippen MR) is 66.8 cm³/mol. The minimum atomic E-state index is -0.665. The smallest absolute Gasteiger partial charge is 0.146 e. The topological polar surface area (TPSA) is 34.4 Å². The molecule has 102 valence electrons. The molecule has 0 aliphatic heterocycles. The molecular weight excluding hydrogens is 252 g/mol. The zero-order valence-corrected chi connectivity index (χ0v) is 10.6. The second-order valence-corrected chi connectivity index (χ2v) is 4.04. The van der Waals surface area contributed by atoms with E-state index in [4.69, 9.17) is 9.15 Å². The zero-order chi connectivity index (χ0) is 13.7. The van der Waals surface area contributed by atoms with Crippen molar-refractivity contribution in [1.29, 1.82) is 0 Å². The molecule has 0 fully saturated rings. The van der Waals surface area contributed by atoms with Crippen LogP contribution in [0.1, 0.15) is 18.4 Å². The van der Waals surface area contributed by atoms with Crippen LogP contribution in [0.3, 0.4) is 0 Å². The van der Waals surface area contributed by atoms with E-state index in [9.17, 15) is 8.78 Å². The van der Waals surface area contributed by atoms with Gasteiger partial charge in [-0.1, -0.05) is 6.92 Å². The molecule has 1 aromatic heterocycles. The zero-order valence-electron chi connectivity index (χ0n) is 10.6. The molecule has 0 amide bonds. The standard InChI is InChI=1S/C14H15F2NO2/c1-2-17-8-12-3-4-13(19-12)9-18-14-6-10(15)5-11(16)7-14/h3-7,17H,2,8-9H2,1H3. The first-order valence-corrected chi connectivity index (χ1v) is 6.04. The lowest BCUT2D eigenvalue weighted by Gasteiger charge is -2.04. The van der Waals surface area contributed by atoms with Gasteiger partial charge in [0.25, 0.3) is 0 Å². The summed E-state index contributed by atoms with van der Waals surface area (Å²) in [6, 6.07) is 6.68. The number of halogens is 2. The largest absolute Gasteiger partial charge is 0.485 e. The van der Waals surface area contributed by atoms with Crippen LogP contribution < -0.4 is 10.1 Å². The SMILES string of the molecule is CCNCc1ccc(COc2cc(F)cc(F)c2)o1. The highest BCUT2D eigenvalue weighted by atomic mass is 19.1. The monoisotopic (exact) mass is 267 g/mol. The lowest BCUT2D eigenvalue weighted by Crippen LogP contribution is -2.10. The van der Waals surface area contributed by atoms with Gasteiger partial charge in [0, 0.05) is 18.2 Å². The van der Waals surface area contributed by atoms with Crippen molar-refractivity contribution in [2.45, 2.75) is 20.1 Å². The maximum atomic E-state index is 12.9. The number of hydrogen-bond acceptors (Lipinski definition) is 3. The van der Waals surface area contributed by atoms with Crippen LogP contribution in [-0.2, 0) is 13.2 Å². The summed E-state index contributed by atoms with van der Waals surface area (Å²) in [5, 5.41) is 3.13. The van der Waals surface area contributed by atoms with E-state index in [0.717, 1.165) is 30.5 Å². The number of nitrogens with one attached hydrogen (secondary N) is 1. The van der Waals surface area contributed by atoms with E-state index < -0.39 is 11.6 Å². The van der Waals surface area contributed by atoms with Gasteiger partial charge in [0.2, 0.25) is 0 Å². The number of ether oxygens (including phenoxy) is 1. The van der Waals surface area contributed by atoms with Crippen LogP contribution in [0.25, 0.3) is 0 Å². The Kier molecular flexibility index (Phi) is 4.52. The fourth-order valence-electron chi connectivity index (χ4n) is 1.61. The Morgan fingerprint density at radius 3 is 2.47 bits per heavy atom. The Bertz CT molecular complexity index is 520. The van der Waals surface area contributed by atoms with E-state index in [2.05, 4.69) is 5.32 Å². The van der Waals surface area contributed by atoms with Crippen molar-refractivity contribution in [3.63, 3.8) is 0 Å². The van der Waals surface area contributed by atoms with Gasteiger partial charge in [0.15, 0.2) is 0 Å². The molecule has 0 atom stereocenters. The molecule has 0 aliphatic rings. The van der Waals surface area contributed by atoms with Gasteiger partial charge in [-0.15, -0.1) is 0 Å². The van der Waals surface area contributed by atoms with Crippen molar-refractivity contribution in [3.8, 4) is 5.75 Å². The van der Waals surface area contributed by atoms with Crippen molar-refractivity contribution < 1.29 is 17.9 Å². The van der Waals surface area contributed by atoms with Crippen LogP contribution in [0.2, 0.25) is 0 Å². The van der Waals surface area contributed by atoms with E-state index in [1.54, 1.807) is 6.07 Å². The number of benzene rings is 1. The number of hydrogen-bond donors (Lipinski definition) is 1. The lowest BCUT2D eigenvalue weighted by molar-refractivity contribution is 0.263. The van der Waals surface area contributed by atoms with Gasteiger partial charge >= 0.3 is 0 Å². The van der Waals surface area contributed by atoms with Crippen LogP contribution in [0.4, 0.5) is 8.78 Å². The van der Waals surface area contributed by atoms with E-state index >= 15 is 0 Å². The van der Waals surface area contributed by atoms with Gasteiger partial charge in [0.05, 0.1) is 6.54 Å². The Hall–Kier alpha value is -1.88. The van der Waals surface area contributed by atoms with Crippen LogP contribution in [-0.4, -0.2) is 6.54 Å². The van der Waals surface area contributed by atoms with Crippen molar-refractivity contribution >= 4 is 0 Å². The highest BCUT2D eigenvalue weighted by Crippen LogP contribution is 2.17. The van der Waals surface area contributed by atoms with Crippen molar-refractivity contribution in [1.82, 2.24) is 5.32 Å². The summed E-state index contributed by atoms with van der Waals surface area (Å²) in [7, 11) is 0. The highest BCUT2D eigenvalue weighted by molar-refractivity contribution is 5.24. The number of rotatable bonds is 6. The van der Waals surface area contributed by atoms with Gasteiger partial charge in [-0.3, -0.25) is 0 Å². The summed E-state index contributed by atoms with van der Waals surface area (Å²) >= 11 is 0. The summed E-state index contributed by atoms with van der Waals surface area (Å²) < 4.78 is 36.7. The van der Waals surface area contributed by atoms with Crippen LogP contribution in [0.15, 0.2) is 34.7 Å². The lowest BCUT2D eigenvalue weighted by atomic mass is 10.3. The third-order valence-electron chi connectivity index (χ3n) is 2.48. The quantitative estimate of drug-likeness (QED) is 0.872. The first-order valence-electron chi connectivity index (χ1n) is 6.04. The minimum Gasteiger partial charge on any atom is -0.485 e. The average molecular weight is 267 g/mol. The highest BCUT2D eigenvalue weighted by Gasteiger charge is 2.05. The summed E-state index contributed by atoms with van der Waals surface area (Å²) in [5.74, 6) is 0.218. The van der Waals surface area contributed by atoms with Crippen molar-refractivity contribution in [2.75, 3.05) is 6.54 Å². The molecule has 2 aromatic rings. The molecule has 0 spiro atoms. The molecule has 0 aliphatic carbocycles. The summed E-state index contributed by atoms with van der Waals surface area (Å²) in [5.41, 5.74) is 0. The molecule has 1 aromatic carbocycles. The maximum Gasteiger partial charge on any atom is 0.146 e. The molecule has 5 heteroatoms. The minimum absolute atomic E-state index is 0.134. The predicted octanol–water partition coefficient (Wildman–Crippen LogP) is 3.25. The van der Waals surface area contributed by atoms with Crippen molar-refractivity contribution in [3.05, 3.63) is 53.5 Å². The maximum absolute atomic E-state index is 12.9. The molecule has 0 radical (unpaired) electrons. The molecular formula is C14H15F2NO2. The fourth-order valence-corrected chi connectivity index (χ4v) is 1.61. The fraction of sp³-hybridized carbons (Fsp3) is 0.286. The van der Waals surface area contributed by atoms with Crippen LogP contribution in [0, 0.1) is 11.6 Å². The molecule has 0 saturated heterocycles. The van der Waals surface area contributed by atoms with Crippen LogP contribution in [0.5, 0.6) is 5.75 Å². The Labute approximate surface area is 110 Å². The van der Waals surface area contributed by atoms with E-state index in [1.165, 1.54) is 0 Å².